The first-order chi connectivity index (χ1) is 10.0. The van der Waals surface area contributed by atoms with Crippen LogP contribution in [0.5, 0.6) is 0 Å². The van der Waals surface area contributed by atoms with E-state index in [4.69, 9.17) is 0 Å². The third-order valence-electron chi connectivity index (χ3n) is 4.25. The summed E-state index contributed by atoms with van der Waals surface area (Å²) in [6, 6.07) is 9.41. The van der Waals surface area contributed by atoms with Gasteiger partial charge in [-0.15, -0.1) is 0 Å². The Kier molecular flexibility index (Phi) is 3.20. The van der Waals surface area contributed by atoms with Crippen LogP contribution in [-0.2, 0) is 11.8 Å². The Hall–Kier alpha value is -2.30. The van der Waals surface area contributed by atoms with E-state index in [0.717, 1.165) is 17.8 Å². The lowest BCUT2D eigenvalue weighted by Gasteiger charge is -2.07. The third-order valence-corrected chi connectivity index (χ3v) is 4.25. The molecule has 0 spiro atoms. The van der Waals surface area contributed by atoms with E-state index in [-0.39, 0.29) is 17.4 Å². The van der Waals surface area contributed by atoms with Crippen LogP contribution in [0.3, 0.4) is 0 Å². The van der Waals surface area contributed by atoms with Crippen LogP contribution in [0.25, 0.3) is 5.69 Å². The van der Waals surface area contributed by atoms with Gasteiger partial charge in [-0.1, -0.05) is 25.1 Å². The van der Waals surface area contributed by atoms with E-state index in [1.54, 1.807) is 9.36 Å². The molecular weight excluding hydrogens is 266 g/mol. The quantitative estimate of drug-likeness (QED) is 0.938. The van der Waals surface area contributed by atoms with Gasteiger partial charge >= 0.3 is 0 Å². The minimum absolute atomic E-state index is 0.0477. The molecule has 1 N–H and O–H groups in total. The summed E-state index contributed by atoms with van der Waals surface area (Å²) in [6.45, 7) is 3.89. The number of anilines is 1. The molecule has 0 bridgehead atoms. The minimum Gasteiger partial charge on any atom is -0.320 e. The topological polar surface area (TPSA) is 56.0 Å². The predicted molar refractivity (Wildman–Crippen MR) is 81.6 cm³/mol. The summed E-state index contributed by atoms with van der Waals surface area (Å²) in [7, 11) is 1.82. The number of carbonyl (C=O) groups excluding carboxylic acids is 1. The van der Waals surface area contributed by atoms with E-state index in [9.17, 15) is 9.59 Å². The smallest absolute Gasteiger partial charge is 0.295 e. The van der Waals surface area contributed by atoms with Crippen LogP contribution in [0.1, 0.15) is 19.0 Å². The molecule has 1 aliphatic rings. The van der Waals surface area contributed by atoms with Crippen molar-refractivity contribution in [2.75, 3.05) is 5.32 Å². The van der Waals surface area contributed by atoms with Gasteiger partial charge in [0.1, 0.15) is 5.69 Å². The zero-order valence-electron chi connectivity index (χ0n) is 12.5. The van der Waals surface area contributed by atoms with Crippen LogP contribution in [0.2, 0.25) is 0 Å². The molecule has 3 rings (SSSR count). The Bertz CT molecular complexity index is 743. The van der Waals surface area contributed by atoms with Crippen LogP contribution in [-0.4, -0.2) is 15.3 Å². The Morgan fingerprint density at radius 3 is 2.48 bits per heavy atom. The zero-order chi connectivity index (χ0) is 15.1. The van der Waals surface area contributed by atoms with Crippen LogP contribution < -0.4 is 10.9 Å². The lowest BCUT2D eigenvalue weighted by atomic mass is 10.3. The van der Waals surface area contributed by atoms with Gasteiger partial charge < -0.3 is 5.32 Å². The molecule has 1 saturated carbocycles. The number of rotatable bonds is 3. The maximum Gasteiger partial charge on any atom is 0.295 e. The number of hydrogen-bond acceptors (Lipinski definition) is 2. The molecule has 2 atom stereocenters. The summed E-state index contributed by atoms with van der Waals surface area (Å²) < 4.78 is 3.34. The molecule has 0 aliphatic heterocycles. The second-order valence-electron chi connectivity index (χ2n) is 5.75. The second kappa shape index (κ2) is 4.91. The SMILES string of the molecule is Cc1c(NC(=O)C2CC2C)c(=O)n(-c2ccccc2)n1C. The van der Waals surface area contributed by atoms with Crippen molar-refractivity contribution in [3.05, 3.63) is 46.4 Å². The fraction of sp³-hybridized carbons (Fsp3) is 0.375. The van der Waals surface area contributed by atoms with Crippen LogP contribution >= 0.6 is 0 Å². The Morgan fingerprint density at radius 1 is 1.29 bits per heavy atom. The zero-order valence-corrected chi connectivity index (χ0v) is 12.5. The van der Waals surface area contributed by atoms with Crippen molar-refractivity contribution in [1.82, 2.24) is 9.36 Å². The van der Waals surface area contributed by atoms with E-state index < -0.39 is 0 Å². The van der Waals surface area contributed by atoms with Gasteiger partial charge in [0.25, 0.3) is 5.56 Å². The molecule has 1 heterocycles. The van der Waals surface area contributed by atoms with Crippen molar-refractivity contribution < 1.29 is 4.79 Å². The number of benzene rings is 1. The Morgan fingerprint density at radius 2 is 1.90 bits per heavy atom. The van der Waals surface area contributed by atoms with E-state index in [1.165, 1.54) is 0 Å². The molecule has 0 radical (unpaired) electrons. The monoisotopic (exact) mass is 285 g/mol. The second-order valence-corrected chi connectivity index (χ2v) is 5.75. The van der Waals surface area contributed by atoms with Crippen molar-refractivity contribution in [2.45, 2.75) is 20.3 Å². The molecular formula is C16H19N3O2. The van der Waals surface area contributed by atoms with Crippen LogP contribution in [0.4, 0.5) is 5.69 Å². The number of nitrogens with zero attached hydrogens (tertiary/aromatic N) is 2. The highest BCUT2D eigenvalue weighted by molar-refractivity contribution is 5.94. The Labute approximate surface area is 123 Å². The molecule has 1 aliphatic carbocycles. The van der Waals surface area contributed by atoms with Crippen molar-refractivity contribution in [1.29, 1.82) is 0 Å². The Balaban J connectivity index is 2.00. The minimum atomic E-state index is -0.192. The third kappa shape index (κ3) is 2.28. The molecule has 2 aromatic rings. The lowest BCUT2D eigenvalue weighted by Crippen LogP contribution is -2.23. The van der Waals surface area contributed by atoms with Gasteiger partial charge in [0.15, 0.2) is 0 Å². The highest BCUT2D eigenvalue weighted by Gasteiger charge is 2.39. The van der Waals surface area contributed by atoms with Crippen molar-refractivity contribution in [3.63, 3.8) is 0 Å². The molecule has 21 heavy (non-hydrogen) atoms. The van der Waals surface area contributed by atoms with Gasteiger partial charge in [-0.05, 0) is 31.4 Å². The highest BCUT2D eigenvalue weighted by atomic mass is 16.2. The van der Waals surface area contributed by atoms with Gasteiger partial charge in [0, 0.05) is 13.0 Å². The molecule has 1 amide bonds. The number of para-hydroxylation sites is 1. The summed E-state index contributed by atoms with van der Waals surface area (Å²) >= 11 is 0. The normalized spacial score (nSPS) is 20.3. The van der Waals surface area contributed by atoms with Crippen molar-refractivity contribution in [3.8, 4) is 5.69 Å². The number of nitrogens with one attached hydrogen (secondary N) is 1. The van der Waals surface area contributed by atoms with Gasteiger partial charge in [-0.3, -0.25) is 14.3 Å². The van der Waals surface area contributed by atoms with Crippen molar-refractivity contribution >= 4 is 11.6 Å². The number of amides is 1. The highest BCUT2D eigenvalue weighted by Crippen LogP contribution is 2.38. The standard InChI is InChI=1S/C16H19N3O2/c1-10-9-13(10)15(20)17-14-11(2)18(3)19(16(14)21)12-7-5-4-6-8-12/h4-8,10,13H,9H2,1-3H3,(H,17,20). The summed E-state index contributed by atoms with van der Waals surface area (Å²) in [4.78, 5) is 24.7. The van der Waals surface area contributed by atoms with Crippen molar-refractivity contribution in [2.24, 2.45) is 18.9 Å². The predicted octanol–water partition coefficient (Wildman–Crippen LogP) is 2.08. The van der Waals surface area contributed by atoms with Crippen LogP contribution in [0, 0.1) is 18.8 Å². The van der Waals surface area contributed by atoms with Gasteiger partial charge in [0.2, 0.25) is 5.91 Å². The van der Waals surface area contributed by atoms with E-state index in [0.29, 0.717) is 11.6 Å². The van der Waals surface area contributed by atoms with Crippen LogP contribution in [0.15, 0.2) is 35.1 Å². The largest absolute Gasteiger partial charge is 0.320 e. The summed E-state index contributed by atoms with van der Waals surface area (Å²) in [5.41, 5.74) is 1.73. The first kappa shape index (κ1) is 13.7. The first-order valence-corrected chi connectivity index (χ1v) is 7.15. The average molecular weight is 285 g/mol. The van der Waals surface area contributed by atoms with E-state index in [2.05, 4.69) is 5.32 Å². The summed E-state index contributed by atoms with van der Waals surface area (Å²) in [5, 5.41) is 2.81. The van der Waals surface area contributed by atoms with Gasteiger partial charge in [-0.2, -0.15) is 0 Å². The molecule has 1 aromatic carbocycles. The molecule has 5 nitrogen and oxygen atoms in total. The summed E-state index contributed by atoms with van der Waals surface area (Å²) in [6.07, 6.45) is 0.907. The fourth-order valence-electron chi connectivity index (χ4n) is 2.62. The molecule has 110 valence electrons. The number of carbonyl (C=O) groups is 1. The fourth-order valence-corrected chi connectivity index (χ4v) is 2.62. The number of hydrogen-bond donors (Lipinski definition) is 1. The lowest BCUT2D eigenvalue weighted by molar-refractivity contribution is -0.117. The average Bonchev–Trinajstić information content (AvgIpc) is 3.17. The van der Waals surface area contributed by atoms with E-state index >= 15 is 0 Å². The first-order valence-electron chi connectivity index (χ1n) is 7.15. The van der Waals surface area contributed by atoms with Gasteiger partial charge in [-0.25, -0.2) is 4.68 Å². The molecule has 1 fully saturated rings. The molecule has 2 unspecified atom stereocenters. The molecule has 1 aromatic heterocycles. The van der Waals surface area contributed by atoms with Gasteiger partial charge in [0.05, 0.1) is 11.4 Å². The maximum atomic E-state index is 12.6. The molecule has 5 heteroatoms. The maximum absolute atomic E-state index is 12.6. The molecule has 0 saturated heterocycles. The summed E-state index contributed by atoms with van der Waals surface area (Å²) in [5.74, 6) is 0.424. The number of aromatic nitrogens is 2. The van der Waals surface area contributed by atoms with E-state index in [1.807, 2.05) is 51.2 Å².